The molecule has 0 atom stereocenters. The Kier molecular flexibility index (Phi) is 3.80. The largest absolute Gasteiger partial charge is 0.418 e. The van der Waals surface area contributed by atoms with Crippen molar-refractivity contribution >= 4 is 5.69 Å². The van der Waals surface area contributed by atoms with Crippen LogP contribution in [-0.2, 0) is 6.18 Å². The van der Waals surface area contributed by atoms with Crippen LogP contribution in [0.15, 0.2) is 24.3 Å². The van der Waals surface area contributed by atoms with Gasteiger partial charge in [0.05, 0.1) is 5.56 Å². The van der Waals surface area contributed by atoms with Gasteiger partial charge in [0, 0.05) is 11.7 Å². The zero-order valence-electron chi connectivity index (χ0n) is 10.3. The van der Waals surface area contributed by atoms with E-state index in [-0.39, 0.29) is 11.7 Å². The number of piperidine rings is 1. The summed E-state index contributed by atoms with van der Waals surface area (Å²) in [6.45, 7) is 1.84. The molecule has 100 valence electrons. The molecule has 1 aromatic carbocycles. The summed E-state index contributed by atoms with van der Waals surface area (Å²) in [5.74, 6) is 0. The molecule has 0 amide bonds. The molecular formula is C13H17F3N2. The van der Waals surface area contributed by atoms with Crippen LogP contribution in [0.25, 0.3) is 0 Å². The van der Waals surface area contributed by atoms with Gasteiger partial charge < -0.3 is 10.2 Å². The molecule has 0 aromatic heterocycles. The van der Waals surface area contributed by atoms with Crippen molar-refractivity contribution in [1.82, 2.24) is 4.90 Å². The van der Waals surface area contributed by atoms with Crippen molar-refractivity contribution in [3.8, 4) is 0 Å². The summed E-state index contributed by atoms with van der Waals surface area (Å²) in [6, 6.07) is 5.80. The first-order valence-corrected chi connectivity index (χ1v) is 6.08. The van der Waals surface area contributed by atoms with Crippen molar-refractivity contribution in [2.75, 3.05) is 25.5 Å². The van der Waals surface area contributed by atoms with Gasteiger partial charge >= 0.3 is 6.18 Å². The smallest absolute Gasteiger partial charge is 0.382 e. The number of anilines is 1. The number of halogens is 3. The Morgan fingerprint density at radius 1 is 1.17 bits per heavy atom. The van der Waals surface area contributed by atoms with E-state index in [1.807, 2.05) is 7.05 Å². The number of benzene rings is 1. The lowest BCUT2D eigenvalue weighted by atomic mass is 10.0. The normalized spacial score (nSPS) is 18.9. The number of para-hydroxylation sites is 1. The first-order valence-electron chi connectivity index (χ1n) is 6.08. The van der Waals surface area contributed by atoms with E-state index in [1.54, 1.807) is 6.07 Å². The van der Waals surface area contributed by atoms with E-state index in [0.29, 0.717) is 0 Å². The Balaban J connectivity index is 2.10. The van der Waals surface area contributed by atoms with Crippen LogP contribution in [0.1, 0.15) is 18.4 Å². The molecule has 1 aromatic rings. The Bertz CT molecular complexity index is 395. The SMILES string of the molecule is CN1CCC(Nc2ccccc2C(F)(F)F)CC1. The maximum absolute atomic E-state index is 12.8. The number of nitrogens with one attached hydrogen (secondary N) is 1. The number of alkyl halides is 3. The van der Waals surface area contributed by atoms with E-state index in [9.17, 15) is 13.2 Å². The first kappa shape index (κ1) is 13.2. The third-order valence-electron chi connectivity index (χ3n) is 3.31. The third kappa shape index (κ3) is 3.16. The zero-order chi connectivity index (χ0) is 13.2. The summed E-state index contributed by atoms with van der Waals surface area (Å²) in [5.41, 5.74) is -0.386. The first-order chi connectivity index (χ1) is 8.47. The van der Waals surface area contributed by atoms with Crippen molar-refractivity contribution in [3.05, 3.63) is 29.8 Å². The summed E-state index contributed by atoms with van der Waals surface area (Å²) in [7, 11) is 2.03. The monoisotopic (exact) mass is 258 g/mol. The number of nitrogens with zero attached hydrogens (tertiary/aromatic N) is 1. The molecule has 1 aliphatic heterocycles. The van der Waals surface area contributed by atoms with Crippen LogP contribution < -0.4 is 5.32 Å². The fourth-order valence-electron chi connectivity index (χ4n) is 2.23. The van der Waals surface area contributed by atoms with E-state index in [0.717, 1.165) is 32.0 Å². The van der Waals surface area contributed by atoms with Gasteiger partial charge in [-0.3, -0.25) is 0 Å². The average molecular weight is 258 g/mol. The van der Waals surface area contributed by atoms with Crippen molar-refractivity contribution in [2.45, 2.75) is 25.1 Å². The van der Waals surface area contributed by atoms with Crippen LogP contribution in [0.2, 0.25) is 0 Å². The van der Waals surface area contributed by atoms with Gasteiger partial charge in [-0.15, -0.1) is 0 Å². The minimum absolute atomic E-state index is 0.129. The van der Waals surface area contributed by atoms with Crippen LogP contribution in [0.5, 0.6) is 0 Å². The lowest BCUT2D eigenvalue weighted by molar-refractivity contribution is -0.137. The maximum Gasteiger partial charge on any atom is 0.418 e. The quantitative estimate of drug-likeness (QED) is 0.876. The molecule has 0 unspecified atom stereocenters. The molecule has 0 bridgehead atoms. The molecule has 0 spiro atoms. The highest BCUT2D eigenvalue weighted by Crippen LogP contribution is 2.35. The van der Waals surface area contributed by atoms with Gasteiger partial charge in [-0.2, -0.15) is 13.2 Å². The Labute approximate surface area is 105 Å². The Morgan fingerprint density at radius 3 is 2.39 bits per heavy atom. The minimum atomic E-state index is -4.30. The molecule has 2 rings (SSSR count). The Hall–Kier alpha value is -1.23. The highest BCUT2D eigenvalue weighted by atomic mass is 19.4. The van der Waals surface area contributed by atoms with Gasteiger partial charge in [0.15, 0.2) is 0 Å². The van der Waals surface area contributed by atoms with Crippen molar-refractivity contribution in [3.63, 3.8) is 0 Å². The molecule has 1 aliphatic rings. The molecule has 0 saturated carbocycles. The number of hydrogen-bond acceptors (Lipinski definition) is 2. The topological polar surface area (TPSA) is 15.3 Å². The van der Waals surface area contributed by atoms with Gasteiger partial charge in [0.2, 0.25) is 0 Å². The molecular weight excluding hydrogens is 241 g/mol. The van der Waals surface area contributed by atoms with Crippen LogP contribution >= 0.6 is 0 Å². The van der Waals surface area contributed by atoms with Gasteiger partial charge in [0.1, 0.15) is 0 Å². The molecule has 0 aliphatic carbocycles. The van der Waals surface area contributed by atoms with Gasteiger partial charge in [-0.1, -0.05) is 12.1 Å². The second-order valence-electron chi connectivity index (χ2n) is 4.77. The van der Waals surface area contributed by atoms with Crippen molar-refractivity contribution in [1.29, 1.82) is 0 Å². The third-order valence-corrected chi connectivity index (χ3v) is 3.31. The molecule has 18 heavy (non-hydrogen) atoms. The molecule has 1 heterocycles. The van der Waals surface area contributed by atoms with E-state index in [1.165, 1.54) is 12.1 Å². The maximum atomic E-state index is 12.8. The molecule has 1 fully saturated rings. The summed E-state index contributed by atoms with van der Waals surface area (Å²) in [4.78, 5) is 2.19. The second kappa shape index (κ2) is 5.18. The molecule has 5 heteroatoms. The van der Waals surface area contributed by atoms with Crippen LogP contribution in [-0.4, -0.2) is 31.1 Å². The van der Waals surface area contributed by atoms with Gasteiger partial charge in [-0.25, -0.2) is 0 Å². The molecule has 2 nitrogen and oxygen atoms in total. The summed E-state index contributed by atoms with van der Waals surface area (Å²) in [6.07, 6.45) is -2.54. The van der Waals surface area contributed by atoms with Crippen LogP contribution in [0.4, 0.5) is 18.9 Å². The molecule has 0 radical (unpaired) electrons. The van der Waals surface area contributed by atoms with Crippen LogP contribution in [0, 0.1) is 0 Å². The average Bonchev–Trinajstić information content (AvgIpc) is 2.31. The molecule has 1 N–H and O–H groups in total. The van der Waals surface area contributed by atoms with Crippen LogP contribution in [0.3, 0.4) is 0 Å². The van der Waals surface area contributed by atoms with Gasteiger partial charge in [0.25, 0.3) is 0 Å². The number of hydrogen-bond donors (Lipinski definition) is 1. The van der Waals surface area contributed by atoms with E-state index in [2.05, 4.69) is 10.2 Å². The van der Waals surface area contributed by atoms with E-state index >= 15 is 0 Å². The van der Waals surface area contributed by atoms with Crippen molar-refractivity contribution < 1.29 is 13.2 Å². The zero-order valence-corrected chi connectivity index (χ0v) is 10.3. The van der Waals surface area contributed by atoms with E-state index < -0.39 is 11.7 Å². The highest BCUT2D eigenvalue weighted by Gasteiger charge is 2.33. The lowest BCUT2D eigenvalue weighted by Crippen LogP contribution is -2.37. The fourth-order valence-corrected chi connectivity index (χ4v) is 2.23. The summed E-state index contributed by atoms with van der Waals surface area (Å²) in [5, 5.41) is 3.03. The predicted molar refractivity (Wildman–Crippen MR) is 65.6 cm³/mol. The molecule has 1 saturated heterocycles. The van der Waals surface area contributed by atoms with Crippen molar-refractivity contribution in [2.24, 2.45) is 0 Å². The fraction of sp³-hybridized carbons (Fsp3) is 0.538. The number of likely N-dealkylation sites (tertiary alicyclic amines) is 1. The van der Waals surface area contributed by atoms with E-state index in [4.69, 9.17) is 0 Å². The standard InChI is InChI=1S/C13H17F3N2/c1-18-8-6-10(7-9-18)17-12-5-3-2-4-11(12)13(14,15)16/h2-5,10,17H,6-9H2,1H3. The second-order valence-corrected chi connectivity index (χ2v) is 4.77. The lowest BCUT2D eigenvalue weighted by Gasteiger charge is -2.30. The Morgan fingerprint density at radius 2 is 1.78 bits per heavy atom. The summed E-state index contributed by atoms with van der Waals surface area (Å²) < 4.78 is 38.4. The number of rotatable bonds is 2. The summed E-state index contributed by atoms with van der Waals surface area (Å²) >= 11 is 0. The van der Waals surface area contributed by atoms with Gasteiger partial charge in [-0.05, 0) is 45.1 Å². The highest BCUT2D eigenvalue weighted by molar-refractivity contribution is 5.53. The predicted octanol–water partition coefficient (Wildman–Crippen LogP) is 3.21. The minimum Gasteiger partial charge on any atom is -0.382 e.